The molecule has 32 heavy (non-hydrogen) atoms. The molecule has 10 heteroatoms. The Kier molecular flexibility index (Phi) is 6.69. The van der Waals surface area contributed by atoms with Crippen molar-refractivity contribution in [3.63, 3.8) is 0 Å². The van der Waals surface area contributed by atoms with E-state index in [9.17, 15) is 18.8 Å². The van der Waals surface area contributed by atoms with E-state index in [0.29, 0.717) is 16.3 Å². The Bertz CT molecular complexity index is 1230. The molecule has 1 amide bonds. The lowest BCUT2D eigenvalue weighted by Crippen LogP contribution is -2.42. The van der Waals surface area contributed by atoms with Gasteiger partial charge in [-0.05, 0) is 43.4 Å². The highest BCUT2D eigenvalue weighted by atomic mass is 32.1. The van der Waals surface area contributed by atoms with E-state index in [1.54, 1.807) is 12.1 Å². The number of carbonyl (C=O) groups excluding carboxylic acids is 1. The van der Waals surface area contributed by atoms with Gasteiger partial charge in [0.25, 0.3) is 5.56 Å². The van der Waals surface area contributed by atoms with E-state index in [2.05, 4.69) is 15.2 Å². The topological polar surface area (TPSA) is 89.2 Å². The van der Waals surface area contributed by atoms with Gasteiger partial charge in [-0.1, -0.05) is 30.4 Å². The average Bonchev–Trinajstić information content (AvgIpc) is 3.25. The third-order valence-electron chi connectivity index (χ3n) is 5.53. The summed E-state index contributed by atoms with van der Waals surface area (Å²) in [6.07, 6.45) is 3.92. The number of piperidine rings is 1. The molecule has 4 rings (SSSR count). The third-order valence-corrected chi connectivity index (χ3v) is 6.63. The van der Waals surface area contributed by atoms with Crippen molar-refractivity contribution in [3.8, 4) is 0 Å². The number of amides is 1. The summed E-state index contributed by atoms with van der Waals surface area (Å²) in [7, 11) is 0. The fourth-order valence-electron chi connectivity index (χ4n) is 3.86. The quantitative estimate of drug-likeness (QED) is 0.586. The van der Waals surface area contributed by atoms with Gasteiger partial charge in [0.05, 0.1) is 0 Å². The number of benzene rings is 1. The van der Waals surface area contributed by atoms with E-state index in [-0.39, 0.29) is 42.6 Å². The first-order valence-corrected chi connectivity index (χ1v) is 11.7. The van der Waals surface area contributed by atoms with Crippen LogP contribution in [-0.4, -0.2) is 33.1 Å². The van der Waals surface area contributed by atoms with Crippen molar-refractivity contribution in [1.82, 2.24) is 19.4 Å². The second-order valence-electron chi connectivity index (χ2n) is 7.93. The molecule has 1 saturated heterocycles. The maximum Gasteiger partial charge on any atom is 0.333 e. The van der Waals surface area contributed by atoms with Gasteiger partial charge in [0.15, 0.2) is 10.8 Å². The van der Waals surface area contributed by atoms with Gasteiger partial charge >= 0.3 is 5.69 Å². The Morgan fingerprint density at radius 3 is 2.53 bits per heavy atom. The largest absolute Gasteiger partial charge is 0.350 e. The lowest BCUT2D eigenvalue weighted by molar-refractivity contribution is -0.121. The summed E-state index contributed by atoms with van der Waals surface area (Å²) in [5.41, 5.74) is 0.122. The van der Waals surface area contributed by atoms with Crippen LogP contribution in [0.3, 0.4) is 0 Å². The van der Waals surface area contributed by atoms with Gasteiger partial charge in [0, 0.05) is 26.2 Å². The predicted octanol–water partition coefficient (Wildman–Crippen LogP) is 2.48. The number of rotatable bonds is 7. The molecule has 2 aromatic heterocycles. The second-order valence-corrected chi connectivity index (χ2v) is 8.90. The fourth-order valence-corrected chi connectivity index (χ4v) is 4.93. The molecule has 8 nitrogen and oxygen atoms in total. The number of hydrogen-bond donors (Lipinski definition) is 1. The number of aromatic nitrogens is 3. The van der Waals surface area contributed by atoms with Crippen LogP contribution in [0.15, 0.2) is 33.9 Å². The molecular formula is C22H26FN5O3S. The van der Waals surface area contributed by atoms with Gasteiger partial charge < -0.3 is 10.2 Å². The first-order chi connectivity index (χ1) is 15.5. The van der Waals surface area contributed by atoms with Crippen molar-refractivity contribution in [2.75, 3.05) is 18.0 Å². The standard InChI is InChI=1S/C22H26FN5O3S/c1-2-10-27-20(30)18-19(25-21(32-18)26-11-4-3-5-12-26)28(22(27)31)14-17(29)24-13-15-6-8-16(23)9-7-15/h6-9H,2-5,10-14H2,1H3,(H,24,29). The number of fused-ring (bicyclic) bond motifs is 1. The van der Waals surface area contributed by atoms with Crippen LogP contribution in [0.5, 0.6) is 0 Å². The van der Waals surface area contributed by atoms with E-state index in [1.165, 1.54) is 39.0 Å². The predicted molar refractivity (Wildman–Crippen MR) is 123 cm³/mol. The molecule has 1 aliphatic heterocycles. The summed E-state index contributed by atoms with van der Waals surface area (Å²) in [5.74, 6) is -0.729. The van der Waals surface area contributed by atoms with E-state index < -0.39 is 5.69 Å². The number of nitrogens with zero attached hydrogens (tertiary/aromatic N) is 4. The zero-order valence-corrected chi connectivity index (χ0v) is 18.8. The lowest BCUT2D eigenvalue weighted by Gasteiger charge is -2.25. The Hall–Kier alpha value is -3.01. The number of carbonyl (C=O) groups is 1. The molecule has 0 aliphatic carbocycles. The number of thiazole rings is 1. The van der Waals surface area contributed by atoms with E-state index >= 15 is 0 Å². The van der Waals surface area contributed by atoms with Crippen molar-refractivity contribution >= 4 is 32.7 Å². The normalized spacial score (nSPS) is 14.1. The van der Waals surface area contributed by atoms with E-state index in [1.807, 2.05) is 6.92 Å². The molecule has 0 unspecified atom stereocenters. The molecule has 3 heterocycles. The molecule has 1 aromatic carbocycles. The second kappa shape index (κ2) is 9.64. The SMILES string of the molecule is CCCn1c(=O)c2sc(N3CCCCC3)nc2n(CC(=O)NCc2ccc(F)cc2)c1=O. The number of anilines is 1. The summed E-state index contributed by atoms with van der Waals surface area (Å²) in [5, 5.41) is 3.47. The van der Waals surface area contributed by atoms with Crippen LogP contribution in [0, 0.1) is 5.82 Å². The van der Waals surface area contributed by atoms with Crippen LogP contribution in [0.25, 0.3) is 10.3 Å². The minimum atomic E-state index is -0.531. The van der Waals surface area contributed by atoms with Gasteiger partial charge in [-0.3, -0.25) is 18.7 Å². The fraction of sp³-hybridized carbons (Fsp3) is 0.455. The zero-order chi connectivity index (χ0) is 22.7. The number of halogens is 1. The van der Waals surface area contributed by atoms with Crippen LogP contribution in [0.1, 0.15) is 38.2 Å². The summed E-state index contributed by atoms with van der Waals surface area (Å²) < 4.78 is 15.9. The van der Waals surface area contributed by atoms with Gasteiger partial charge in [0.2, 0.25) is 5.91 Å². The van der Waals surface area contributed by atoms with Gasteiger partial charge in [-0.15, -0.1) is 0 Å². The minimum absolute atomic E-state index is 0.210. The highest BCUT2D eigenvalue weighted by molar-refractivity contribution is 7.22. The van der Waals surface area contributed by atoms with Crippen LogP contribution in [-0.2, 0) is 24.4 Å². The van der Waals surface area contributed by atoms with Crippen LogP contribution < -0.4 is 21.5 Å². The maximum atomic E-state index is 13.1. The van der Waals surface area contributed by atoms with Crippen molar-refractivity contribution < 1.29 is 9.18 Å². The van der Waals surface area contributed by atoms with E-state index in [4.69, 9.17) is 0 Å². The first-order valence-electron chi connectivity index (χ1n) is 10.9. The molecular weight excluding hydrogens is 433 g/mol. The smallest absolute Gasteiger partial charge is 0.333 e. The summed E-state index contributed by atoms with van der Waals surface area (Å²) in [4.78, 5) is 45.5. The third kappa shape index (κ3) is 4.59. The highest BCUT2D eigenvalue weighted by Crippen LogP contribution is 2.28. The molecule has 0 radical (unpaired) electrons. The molecule has 1 aliphatic rings. The summed E-state index contributed by atoms with van der Waals surface area (Å²) in [6.45, 7) is 3.87. The molecule has 0 bridgehead atoms. The number of hydrogen-bond acceptors (Lipinski definition) is 6. The Morgan fingerprint density at radius 2 is 1.84 bits per heavy atom. The van der Waals surface area contributed by atoms with Crippen molar-refractivity contribution in [1.29, 1.82) is 0 Å². The van der Waals surface area contributed by atoms with Crippen molar-refractivity contribution in [2.45, 2.75) is 52.2 Å². The van der Waals surface area contributed by atoms with Crippen molar-refractivity contribution in [3.05, 3.63) is 56.5 Å². The highest BCUT2D eigenvalue weighted by Gasteiger charge is 2.22. The van der Waals surface area contributed by atoms with Crippen molar-refractivity contribution in [2.24, 2.45) is 0 Å². The summed E-state index contributed by atoms with van der Waals surface area (Å²) >= 11 is 1.29. The van der Waals surface area contributed by atoms with Gasteiger partial charge in [0.1, 0.15) is 17.1 Å². The molecule has 1 N–H and O–H groups in total. The average molecular weight is 460 g/mol. The molecule has 0 spiro atoms. The molecule has 0 atom stereocenters. The Balaban J connectivity index is 1.65. The van der Waals surface area contributed by atoms with Crippen LogP contribution in [0.4, 0.5) is 9.52 Å². The molecule has 3 aromatic rings. The number of nitrogens with one attached hydrogen (secondary N) is 1. The minimum Gasteiger partial charge on any atom is -0.350 e. The van der Waals surface area contributed by atoms with Gasteiger partial charge in [-0.2, -0.15) is 0 Å². The maximum absolute atomic E-state index is 13.1. The Morgan fingerprint density at radius 1 is 1.12 bits per heavy atom. The van der Waals surface area contributed by atoms with Crippen LogP contribution in [0.2, 0.25) is 0 Å². The van der Waals surface area contributed by atoms with Gasteiger partial charge in [-0.25, -0.2) is 14.2 Å². The van der Waals surface area contributed by atoms with E-state index in [0.717, 1.165) is 31.5 Å². The zero-order valence-electron chi connectivity index (χ0n) is 18.0. The lowest BCUT2D eigenvalue weighted by atomic mass is 10.1. The van der Waals surface area contributed by atoms with Crippen LogP contribution >= 0.6 is 11.3 Å². The molecule has 0 saturated carbocycles. The first kappa shape index (κ1) is 22.2. The summed E-state index contributed by atoms with van der Waals surface area (Å²) in [6, 6.07) is 5.83. The monoisotopic (exact) mass is 459 g/mol. The Labute approximate surface area is 188 Å². The molecule has 1 fully saturated rings. The molecule has 170 valence electrons.